The normalized spacial score (nSPS) is 23.6. The van der Waals surface area contributed by atoms with Crippen molar-refractivity contribution in [1.29, 1.82) is 0 Å². The molecule has 1 heterocycles. The zero-order chi connectivity index (χ0) is 16.6. The average Bonchev–Trinajstić information content (AvgIpc) is 2.56. The third-order valence-corrected chi connectivity index (χ3v) is 4.92. The quantitative estimate of drug-likeness (QED) is 0.561. The van der Waals surface area contributed by atoms with E-state index in [-0.39, 0.29) is 0 Å². The van der Waals surface area contributed by atoms with Gasteiger partial charge in [0.15, 0.2) is 0 Å². The number of hydrogen-bond acceptors (Lipinski definition) is 2. The molecular formula is C17H14BrClFNO2. The minimum absolute atomic E-state index is 0.327. The minimum Gasteiger partial charge on any atom is -0.497 e. The fraction of sp³-hybridized carbons (Fsp3) is 0.235. The van der Waals surface area contributed by atoms with Crippen LogP contribution < -0.4 is 4.74 Å². The second kappa shape index (κ2) is 6.13. The molecule has 1 fully saturated rings. The van der Waals surface area contributed by atoms with Gasteiger partial charge in [-0.05, 0) is 51.3 Å². The Balaban J connectivity index is 1.84. The SMILES string of the molecule is COc1ccc(CN2C(=O)[C@@](F)(Br)[C@H]2c2ccc(Cl)cc2)cc1. The molecule has 2 aromatic carbocycles. The van der Waals surface area contributed by atoms with Crippen LogP contribution in [0.4, 0.5) is 4.39 Å². The van der Waals surface area contributed by atoms with Gasteiger partial charge in [0.05, 0.1) is 7.11 Å². The summed E-state index contributed by atoms with van der Waals surface area (Å²) >= 11 is 8.79. The maximum Gasteiger partial charge on any atom is 0.274 e. The first-order valence-corrected chi connectivity index (χ1v) is 8.18. The zero-order valence-electron chi connectivity index (χ0n) is 12.3. The number of hydrogen-bond donors (Lipinski definition) is 0. The number of amides is 1. The van der Waals surface area contributed by atoms with Crippen molar-refractivity contribution in [2.45, 2.75) is 17.2 Å². The molecule has 2 atom stereocenters. The number of alkyl halides is 2. The largest absolute Gasteiger partial charge is 0.497 e. The Bertz CT molecular complexity index is 718. The molecule has 0 N–H and O–H groups in total. The summed E-state index contributed by atoms with van der Waals surface area (Å²) in [5.41, 5.74) is 1.60. The highest BCUT2D eigenvalue weighted by molar-refractivity contribution is 9.10. The van der Waals surface area contributed by atoms with Gasteiger partial charge in [-0.1, -0.05) is 35.9 Å². The van der Waals surface area contributed by atoms with Crippen LogP contribution in [0.3, 0.4) is 0 Å². The summed E-state index contributed by atoms with van der Waals surface area (Å²) in [4.78, 5) is 13.6. The van der Waals surface area contributed by atoms with Crippen LogP contribution in [0.15, 0.2) is 48.5 Å². The molecule has 1 aliphatic heterocycles. The fourth-order valence-electron chi connectivity index (χ4n) is 2.68. The van der Waals surface area contributed by atoms with E-state index in [0.717, 1.165) is 11.3 Å². The van der Waals surface area contributed by atoms with E-state index >= 15 is 0 Å². The van der Waals surface area contributed by atoms with Crippen LogP contribution in [0.5, 0.6) is 5.75 Å². The average molecular weight is 399 g/mol. The molecule has 3 rings (SSSR count). The lowest BCUT2D eigenvalue weighted by Crippen LogP contribution is -2.62. The van der Waals surface area contributed by atoms with Crippen LogP contribution in [0.1, 0.15) is 17.2 Å². The van der Waals surface area contributed by atoms with E-state index in [4.69, 9.17) is 16.3 Å². The van der Waals surface area contributed by atoms with Gasteiger partial charge in [-0.25, -0.2) is 4.39 Å². The van der Waals surface area contributed by atoms with Gasteiger partial charge in [0, 0.05) is 11.6 Å². The van der Waals surface area contributed by atoms with E-state index in [9.17, 15) is 9.18 Å². The number of methoxy groups -OCH3 is 1. The number of ether oxygens (including phenoxy) is 1. The molecule has 0 spiro atoms. The van der Waals surface area contributed by atoms with Crippen molar-refractivity contribution in [2.75, 3.05) is 7.11 Å². The summed E-state index contributed by atoms with van der Waals surface area (Å²) in [6.45, 7) is 0.327. The number of halogens is 3. The molecule has 0 unspecified atom stereocenters. The molecule has 120 valence electrons. The van der Waals surface area contributed by atoms with Crippen molar-refractivity contribution in [3.8, 4) is 5.75 Å². The van der Waals surface area contributed by atoms with Crippen LogP contribution in [0, 0.1) is 0 Å². The van der Waals surface area contributed by atoms with Gasteiger partial charge in [0.2, 0.25) is 0 Å². The number of nitrogens with zero attached hydrogens (tertiary/aromatic N) is 1. The fourth-order valence-corrected chi connectivity index (χ4v) is 3.55. The van der Waals surface area contributed by atoms with Crippen LogP contribution in [-0.4, -0.2) is 22.5 Å². The molecule has 2 aromatic rings. The van der Waals surface area contributed by atoms with Crippen molar-refractivity contribution in [3.63, 3.8) is 0 Å². The van der Waals surface area contributed by atoms with Crippen LogP contribution in [0.2, 0.25) is 5.02 Å². The number of likely N-dealkylation sites (tertiary alicyclic amines) is 1. The summed E-state index contributed by atoms with van der Waals surface area (Å²) in [6.07, 6.45) is 0. The van der Waals surface area contributed by atoms with Gasteiger partial charge in [-0.3, -0.25) is 4.79 Å². The summed E-state index contributed by atoms with van der Waals surface area (Å²) < 4.78 is 17.6. The lowest BCUT2D eigenvalue weighted by atomic mass is 9.91. The van der Waals surface area contributed by atoms with Gasteiger partial charge >= 0.3 is 0 Å². The predicted octanol–water partition coefficient (Wildman–Crippen LogP) is 4.49. The Morgan fingerprint density at radius 1 is 1.22 bits per heavy atom. The molecule has 3 nitrogen and oxygen atoms in total. The Hall–Kier alpha value is -1.59. The molecule has 23 heavy (non-hydrogen) atoms. The predicted molar refractivity (Wildman–Crippen MR) is 90.5 cm³/mol. The van der Waals surface area contributed by atoms with E-state index in [0.29, 0.717) is 17.1 Å². The standard InChI is InChI=1S/C17H14BrClFNO2/c1-23-14-8-2-11(3-9-14)10-21-15(17(18,20)16(21)22)12-4-6-13(19)7-5-12/h2-9,15H,10H2,1H3/t15-,17-/m1/s1. The summed E-state index contributed by atoms with van der Waals surface area (Å²) in [6, 6.07) is 13.5. The van der Waals surface area contributed by atoms with E-state index < -0.39 is 16.5 Å². The first-order valence-electron chi connectivity index (χ1n) is 7.01. The van der Waals surface area contributed by atoms with Gasteiger partial charge in [0.25, 0.3) is 10.5 Å². The molecule has 6 heteroatoms. The van der Waals surface area contributed by atoms with Crippen molar-refractivity contribution >= 4 is 33.4 Å². The Kier molecular flexibility index (Phi) is 4.34. The maximum absolute atomic E-state index is 14.6. The van der Waals surface area contributed by atoms with Crippen molar-refractivity contribution < 1.29 is 13.9 Å². The van der Waals surface area contributed by atoms with Gasteiger partial charge in [-0.15, -0.1) is 0 Å². The molecule has 0 saturated carbocycles. The smallest absolute Gasteiger partial charge is 0.274 e. The second-order valence-electron chi connectivity index (χ2n) is 5.36. The summed E-state index contributed by atoms with van der Waals surface area (Å²) in [7, 11) is 1.59. The van der Waals surface area contributed by atoms with E-state index in [1.54, 1.807) is 31.4 Å². The number of rotatable bonds is 4. The number of β-lactam (4-membered cyclic amide) rings is 1. The first-order chi connectivity index (χ1) is 10.9. The van der Waals surface area contributed by atoms with E-state index in [2.05, 4.69) is 15.9 Å². The molecule has 1 aliphatic rings. The van der Waals surface area contributed by atoms with Crippen molar-refractivity contribution in [1.82, 2.24) is 4.90 Å². The van der Waals surface area contributed by atoms with Crippen LogP contribution in [-0.2, 0) is 11.3 Å². The molecule has 1 amide bonds. The van der Waals surface area contributed by atoms with Gasteiger partial charge in [-0.2, -0.15) is 0 Å². The monoisotopic (exact) mass is 397 g/mol. The lowest BCUT2D eigenvalue weighted by molar-refractivity contribution is -0.164. The number of carbonyl (C=O) groups excluding carboxylic acids is 1. The summed E-state index contributed by atoms with van der Waals surface area (Å²) in [5, 5.41) is 0.570. The van der Waals surface area contributed by atoms with Crippen LogP contribution in [0.25, 0.3) is 0 Å². The lowest BCUT2D eigenvalue weighted by Gasteiger charge is -2.48. The molecule has 0 radical (unpaired) electrons. The molecular weight excluding hydrogens is 385 g/mol. The van der Waals surface area contributed by atoms with E-state index in [1.165, 1.54) is 4.90 Å². The Labute approximate surface area is 147 Å². The Morgan fingerprint density at radius 2 is 1.83 bits per heavy atom. The molecule has 0 bridgehead atoms. The zero-order valence-corrected chi connectivity index (χ0v) is 14.6. The van der Waals surface area contributed by atoms with Crippen LogP contribution >= 0.6 is 27.5 Å². The second-order valence-corrected chi connectivity index (χ2v) is 6.95. The maximum atomic E-state index is 14.6. The summed E-state index contributed by atoms with van der Waals surface area (Å²) in [5.74, 6) is 0.159. The first kappa shape index (κ1) is 16.3. The van der Waals surface area contributed by atoms with Crippen molar-refractivity contribution in [2.24, 2.45) is 0 Å². The molecule has 0 aliphatic carbocycles. The minimum atomic E-state index is -2.08. The highest BCUT2D eigenvalue weighted by atomic mass is 79.9. The highest BCUT2D eigenvalue weighted by Gasteiger charge is 2.61. The Morgan fingerprint density at radius 3 is 2.39 bits per heavy atom. The molecule has 1 saturated heterocycles. The van der Waals surface area contributed by atoms with Crippen molar-refractivity contribution in [3.05, 3.63) is 64.7 Å². The topological polar surface area (TPSA) is 29.5 Å². The third-order valence-electron chi connectivity index (χ3n) is 3.90. The highest BCUT2D eigenvalue weighted by Crippen LogP contribution is 2.51. The molecule has 0 aromatic heterocycles. The number of carbonyl (C=O) groups is 1. The third kappa shape index (κ3) is 2.95. The number of benzene rings is 2. The van der Waals surface area contributed by atoms with Gasteiger partial charge in [0.1, 0.15) is 11.8 Å². The van der Waals surface area contributed by atoms with E-state index in [1.807, 2.05) is 24.3 Å². The van der Waals surface area contributed by atoms with Gasteiger partial charge < -0.3 is 9.64 Å².